The minimum absolute atomic E-state index is 1.08. The van der Waals surface area contributed by atoms with Crippen LogP contribution in [-0.4, -0.2) is 48.0 Å². The molecule has 2 aromatic rings. The van der Waals surface area contributed by atoms with Crippen LogP contribution in [0.15, 0.2) is 30.5 Å². The van der Waals surface area contributed by atoms with E-state index in [4.69, 9.17) is 0 Å². The van der Waals surface area contributed by atoms with Crippen molar-refractivity contribution >= 4 is 10.9 Å². The Labute approximate surface area is 108 Å². The first-order valence-corrected chi connectivity index (χ1v) is 6.78. The molecule has 3 rings (SSSR count). The molecule has 1 saturated heterocycles. The van der Waals surface area contributed by atoms with Crippen LogP contribution in [0.2, 0.25) is 0 Å². The van der Waals surface area contributed by atoms with Crippen LogP contribution < -0.4 is 0 Å². The third-order valence-corrected chi connectivity index (χ3v) is 3.84. The molecule has 0 spiro atoms. The summed E-state index contributed by atoms with van der Waals surface area (Å²) >= 11 is 0. The molecule has 1 aliphatic rings. The van der Waals surface area contributed by atoms with E-state index in [2.05, 4.69) is 46.1 Å². The van der Waals surface area contributed by atoms with Gasteiger partial charge in [-0.15, -0.1) is 0 Å². The molecule has 0 saturated carbocycles. The van der Waals surface area contributed by atoms with E-state index < -0.39 is 0 Å². The van der Waals surface area contributed by atoms with Gasteiger partial charge in [-0.3, -0.25) is 4.90 Å². The molecular weight excluding hydrogens is 222 g/mol. The summed E-state index contributed by atoms with van der Waals surface area (Å²) in [6, 6.07) is 8.89. The highest BCUT2D eigenvalue weighted by Gasteiger charge is 2.12. The Balaban J connectivity index is 1.71. The molecule has 1 N–H and O–H groups in total. The number of H-pyrrole nitrogens is 1. The number of aromatic nitrogens is 1. The van der Waals surface area contributed by atoms with Gasteiger partial charge in [-0.25, -0.2) is 0 Å². The van der Waals surface area contributed by atoms with Crippen LogP contribution in [0.4, 0.5) is 0 Å². The monoisotopic (exact) mass is 243 g/mol. The lowest BCUT2D eigenvalue weighted by atomic mass is 10.1. The Morgan fingerprint density at radius 3 is 3.00 bits per heavy atom. The van der Waals surface area contributed by atoms with Gasteiger partial charge < -0.3 is 9.88 Å². The van der Waals surface area contributed by atoms with E-state index in [0.717, 1.165) is 6.54 Å². The molecular formula is C15H21N3. The number of nitrogens with zero attached hydrogens (tertiary/aromatic N) is 2. The zero-order valence-electron chi connectivity index (χ0n) is 11.0. The average Bonchev–Trinajstić information content (AvgIpc) is 2.74. The van der Waals surface area contributed by atoms with E-state index in [1.807, 2.05) is 6.20 Å². The number of likely N-dealkylation sites (N-methyl/N-ethyl adjacent to an activating group) is 1. The summed E-state index contributed by atoms with van der Waals surface area (Å²) in [7, 11) is 2.22. The molecule has 3 nitrogen and oxygen atoms in total. The molecule has 0 atom stereocenters. The van der Waals surface area contributed by atoms with E-state index in [1.54, 1.807) is 0 Å². The van der Waals surface area contributed by atoms with Gasteiger partial charge in [-0.05, 0) is 55.7 Å². The summed E-state index contributed by atoms with van der Waals surface area (Å²) in [6.45, 7) is 5.89. The molecule has 3 heteroatoms. The van der Waals surface area contributed by atoms with Gasteiger partial charge in [-0.2, -0.15) is 0 Å². The van der Waals surface area contributed by atoms with Gasteiger partial charge in [0.2, 0.25) is 0 Å². The molecule has 18 heavy (non-hydrogen) atoms. The van der Waals surface area contributed by atoms with Crippen LogP contribution in [-0.2, 0) is 6.54 Å². The normalized spacial score (nSPS) is 19.2. The highest BCUT2D eigenvalue weighted by atomic mass is 15.2. The molecule has 0 aliphatic carbocycles. The Morgan fingerprint density at radius 1 is 1.11 bits per heavy atom. The standard InChI is InChI=1S/C15H21N3/c1-17-7-2-8-18(10-9-17)12-13-3-4-15-14(11-13)5-6-16-15/h3-6,11,16H,2,7-10,12H2,1H3. The number of hydrogen-bond donors (Lipinski definition) is 1. The molecule has 1 aliphatic heterocycles. The lowest BCUT2D eigenvalue weighted by molar-refractivity contribution is 0.269. The van der Waals surface area contributed by atoms with Crippen LogP contribution in [0, 0.1) is 0 Å². The quantitative estimate of drug-likeness (QED) is 0.874. The van der Waals surface area contributed by atoms with Crippen molar-refractivity contribution in [1.82, 2.24) is 14.8 Å². The number of aromatic amines is 1. The second-order valence-corrected chi connectivity index (χ2v) is 5.33. The summed E-state index contributed by atoms with van der Waals surface area (Å²) in [5.74, 6) is 0. The molecule has 0 unspecified atom stereocenters. The van der Waals surface area contributed by atoms with Crippen LogP contribution in [0.5, 0.6) is 0 Å². The lowest BCUT2D eigenvalue weighted by Gasteiger charge is -2.20. The van der Waals surface area contributed by atoms with Gasteiger partial charge in [0, 0.05) is 31.3 Å². The summed E-state index contributed by atoms with van der Waals surface area (Å²) in [5, 5.41) is 1.32. The molecule has 1 fully saturated rings. The summed E-state index contributed by atoms with van der Waals surface area (Å²) < 4.78 is 0. The topological polar surface area (TPSA) is 22.3 Å². The van der Waals surface area contributed by atoms with Crippen LogP contribution in [0.3, 0.4) is 0 Å². The predicted molar refractivity (Wildman–Crippen MR) is 75.7 cm³/mol. The summed E-state index contributed by atoms with van der Waals surface area (Å²) in [6.07, 6.45) is 3.29. The van der Waals surface area contributed by atoms with E-state index in [1.165, 1.54) is 49.1 Å². The Kier molecular flexibility index (Phi) is 3.35. The minimum atomic E-state index is 1.08. The van der Waals surface area contributed by atoms with Crippen molar-refractivity contribution in [3.8, 4) is 0 Å². The number of hydrogen-bond acceptors (Lipinski definition) is 2. The van der Waals surface area contributed by atoms with Crippen LogP contribution in [0.1, 0.15) is 12.0 Å². The van der Waals surface area contributed by atoms with Crippen LogP contribution >= 0.6 is 0 Å². The largest absolute Gasteiger partial charge is 0.361 e. The van der Waals surface area contributed by atoms with Crippen molar-refractivity contribution < 1.29 is 0 Å². The van der Waals surface area contributed by atoms with Crippen molar-refractivity contribution in [2.24, 2.45) is 0 Å². The highest BCUT2D eigenvalue weighted by molar-refractivity contribution is 5.79. The molecule has 0 radical (unpaired) electrons. The molecule has 0 bridgehead atoms. The first-order valence-electron chi connectivity index (χ1n) is 6.78. The Morgan fingerprint density at radius 2 is 2.06 bits per heavy atom. The second kappa shape index (κ2) is 5.12. The van der Waals surface area contributed by atoms with Gasteiger partial charge >= 0.3 is 0 Å². The molecule has 0 amide bonds. The van der Waals surface area contributed by atoms with Gasteiger partial charge in [0.05, 0.1) is 0 Å². The van der Waals surface area contributed by atoms with Crippen molar-refractivity contribution in [2.75, 3.05) is 33.2 Å². The van der Waals surface area contributed by atoms with Gasteiger partial charge in [0.25, 0.3) is 0 Å². The fraction of sp³-hybridized carbons (Fsp3) is 0.467. The maximum atomic E-state index is 3.25. The van der Waals surface area contributed by atoms with Gasteiger partial charge in [0.1, 0.15) is 0 Å². The first kappa shape index (κ1) is 11.8. The van der Waals surface area contributed by atoms with Crippen molar-refractivity contribution in [3.05, 3.63) is 36.0 Å². The molecule has 96 valence electrons. The zero-order valence-corrected chi connectivity index (χ0v) is 11.0. The van der Waals surface area contributed by atoms with Crippen molar-refractivity contribution in [3.63, 3.8) is 0 Å². The highest BCUT2D eigenvalue weighted by Crippen LogP contribution is 2.16. The smallest absolute Gasteiger partial charge is 0.0454 e. The fourth-order valence-electron chi connectivity index (χ4n) is 2.72. The summed E-state index contributed by atoms with van der Waals surface area (Å²) in [4.78, 5) is 8.24. The predicted octanol–water partition coefficient (Wildman–Crippen LogP) is 2.31. The molecule has 1 aromatic carbocycles. The zero-order chi connectivity index (χ0) is 12.4. The van der Waals surface area contributed by atoms with Gasteiger partial charge in [-0.1, -0.05) is 6.07 Å². The van der Waals surface area contributed by atoms with Crippen molar-refractivity contribution in [2.45, 2.75) is 13.0 Å². The van der Waals surface area contributed by atoms with E-state index >= 15 is 0 Å². The van der Waals surface area contributed by atoms with E-state index in [0.29, 0.717) is 0 Å². The second-order valence-electron chi connectivity index (χ2n) is 5.33. The maximum Gasteiger partial charge on any atom is 0.0454 e. The average molecular weight is 243 g/mol. The minimum Gasteiger partial charge on any atom is -0.361 e. The maximum absolute atomic E-state index is 3.25. The molecule has 1 aromatic heterocycles. The first-order chi connectivity index (χ1) is 8.81. The number of fused-ring (bicyclic) bond motifs is 1. The Hall–Kier alpha value is -1.32. The van der Waals surface area contributed by atoms with Gasteiger partial charge in [0.15, 0.2) is 0 Å². The Bertz CT molecular complexity index is 517. The summed E-state index contributed by atoms with van der Waals surface area (Å²) in [5.41, 5.74) is 2.65. The number of nitrogens with one attached hydrogen (secondary N) is 1. The van der Waals surface area contributed by atoms with E-state index in [9.17, 15) is 0 Å². The third-order valence-electron chi connectivity index (χ3n) is 3.84. The SMILES string of the molecule is CN1CCCN(Cc2ccc3[nH]ccc3c2)CC1. The fourth-order valence-corrected chi connectivity index (χ4v) is 2.72. The lowest BCUT2D eigenvalue weighted by Crippen LogP contribution is -2.28. The van der Waals surface area contributed by atoms with Crippen LogP contribution in [0.25, 0.3) is 10.9 Å². The van der Waals surface area contributed by atoms with Crippen molar-refractivity contribution in [1.29, 1.82) is 0 Å². The number of benzene rings is 1. The molecule has 2 heterocycles. The van der Waals surface area contributed by atoms with E-state index in [-0.39, 0.29) is 0 Å². The third kappa shape index (κ3) is 2.57. The number of rotatable bonds is 2.